The minimum Gasteiger partial charge on any atom is -0.494 e. The van der Waals surface area contributed by atoms with E-state index in [1.807, 2.05) is 43.5 Å². The monoisotopic (exact) mass is 372 g/mol. The van der Waals surface area contributed by atoms with Crippen molar-refractivity contribution in [3.05, 3.63) is 45.3 Å². The van der Waals surface area contributed by atoms with E-state index in [0.717, 1.165) is 21.8 Å². The van der Waals surface area contributed by atoms with Gasteiger partial charge in [0, 0.05) is 10.4 Å². The molecule has 2 heterocycles. The van der Waals surface area contributed by atoms with Gasteiger partial charge in [0.2, 0.25) is 0 Å². The number of nitrogens with zero attached hydrogens (tertiary/aromatic N) is 2. The van der Waals surface area contributed by atoms with Crippen molar-refractivity contribution in [2.75, 3.05) is 6.61 Å². The average molecular weight is 372 g/mol. The van der Waals surface area contributed by atoms with Crippen molar-refractivity contribution in [3.63, 3.8) is 0 Å². The van der Waals surface area contributed by atoms with Crippen LogP contribution in [0.25, 0.3) is 21.3 Å². The lowest BCUT2D eigenvalue weighted by atomic mass is 10.0. The molecule has 0 spiro atoms. The average Bonchev–Trinajstić information content (AvgIpc) is 2.95. The summed E-state index contributed by atoms with van der Waals surface area (Å²) in [5.74, 6) is 5.95. The van der Waals surface area contributed by atoms with Crippen LogP contribution in [0.1, 0.15) is 17.6 Å². The summed E-state index contributed by atoms with van der Waals surface area (Å²) in [5.41, 5.74) is 3.55. The van der Waals surface area contributed by atoms with E-state index in [2.05, 4.69) is 4.98 Å². The minimum absolute atomic E-state index is 0.165. The van der Waals surface area contributed by atoms with E-state index in [1.165, 1.54) is 15.9 Å². The quantitative estimate of drug-likeness (QED) is 0.406. The molecule has 26 heavy (non-hydrogen) atoms. The largest absolute Gasteiger partial charge is 0.494 e. The molecule has 0 saturated heterocycles. The van der Waals surface area contributed by atoms with E-state index < -0.39 is 5.91 Å². The maximum atomic E-state index is 13.1. The molecule has 0 fully saturated rings. The molecule has 0 atom stereocenters. The van der Waals surface area contributed by atoms with Gasteiger partial charge in [0.1, 0.15) is 22.9 Å². The Morgan fingerprint density at radius 2 is 2.00 bits per heavy atom. The molecule has 3 aromatic rings. The van der Waals surface area contributed by atoms with Gasteiger partial charge >= 0.3 is 0 Å². The molecule has 2 aromatic heterocycles. The van der Waals surface area contributed by atoms with Crippen LogP contribution in [-0.2, 0) is 11.3 Å². The Kier molecular flexibility index (Phi) is 5.06. The van der Waals surface area contributed by atoms with Gasteiger partial charge < -0.3 is 4.74 Å². The molecular formula is C18H20N4O3S. The highest BCUT2D eigenvalue weighted by molar-refractivity contribution is 7.19. The first-order chi connectivity index (χ1) is 12.5. The SMILES string of the molecule is CCOc1ccc(-c2c(C)sc3nc(C)n(CC(=O)NN)c(=O)c23)cc1. The number of nitrogens with one attached hydrogen (secondary N) is 1. The fourth-order valence-electron chi connectivity index (χ4n) is 2.90. The van der Waals surface area contributed by atoms with E-state index in [4.69, 9.17) is 10.6 Å². The van der Waals surface area contributed by atoms with Crippen molar-refractivity contribution < 1.29 is 9.53 Å². The molecule has 8 heteroatoms. The number of thiophene rings is 1. The summed E-state index contributed by atoms with van der Waals surface area (Å²) in [6.07, 6.45) is 0. The molecule has 3 rings (SSSR count). The first-order valence-corrected chi connectivity index (χ1v) is 9.01. The van der Waals surface area contributed by atoms with Gasteiger partial charge in [-0.3, -0.25) is 19.6 Å². The zero-order valence-electron chi connectivity index (χ0n) is 14.8. The van der Waals surface area contributed by atoms with Crippen LogP contribution >= 0.6 is 11.3 Å². The van der Waals surface area contributed by atoms with Crippen molar-refractivity contribution in [1.29, 1.82) is 0 Å². The van der Waals surface area contributed by atoms with Gasteiger partial charge in [0.05, 0.1) is 12.0 Å². The number of hydrazine groups is 1. The molecule has 1 aromatic carbocycles. The van der Waals surface area contributed by atoms with Crippen LogP contribution in [0.3, 0.4) is 0 Å². The first kappa shape index (κ1) is 18.1. The second kappa shape index (κ2) is 7.27. The molecule has 136 valence electrons. The van der Waals surface area contributed by atoms with E-state index >= 15 is 0 Å². The molecule has 0 aliphatic carbocycles. The van der Waals surface area contributed by atoms with Crippen molar-refractivity contribution in [1.82, 2.24) is 15.0 Å². The van der Waals surface area contributed by atoms with Crippen molar-refractivity contribution in [2.45, 2.75) is 27.3 Å². The Hall–Kier alpha value is -2.71. The van der Waals surface area contributed by atoms with E-state index in [-0.39, 0.29) is 12.1 Å². The Morgan fingerprint density at radius 1 is 1.31 bits per heavy atom. The van der Waals surface area contributed by atoms with Gasteiger partial charge in [-0.25, -0.2) is 10.8 Å². The third-order valence-corrected chi connectivity index (χ3v) is 5.09. The third-order valence-electron chi connectivity index (χ3n) is 4.10. The zero-order chi connectivity index (χ0) is 18.8. The predicted octanol–water partition coefficient (Wildman–Crippen LogP) is 2.13. The van der Waals surface area contributed by atoms with E-state index in [0.29, 0.717) is 22.6 Å². The topological polar surface area (TPSA) is 99.2 Å². The highest BCUT2D eigenvalue weighted by atomic mass is 32.1. The van der Waals surface area contributed by atoms with Gasteiger partial charge in [0.25, 0.3) is 11.5 Å². The summed E-state index contributed by atoms with van der Waals surface area (Å²) in [6, 6.07) is 7.61. The second-order valence-corrected chi connectivity index (χ2v) is 6.99. The lowest BCUT2D eigenvalue weighted by Crippen LogP contribution is -2.37. The molecule has 0 saturated carbocycles. The summed E-state index contributed by atoms with van der Waals surface area (Å²) < 4.78 is 6.82. The molecular weight excluding hydrogens is 352 g/mol. The highest BCUT2D eigenvalue weighted by Crippen LogP contribution is 2.36. The van der Waals surface area contributed by atoms with Gasteiger partial charge in [-0.15, -0.1) is 11.3 Å². The summed E-state index contributed by atoms with van der Waals surface area (Å²) in [6.45, 7) is 6.02. The second-order valence-electron chi connectivity index (χ2n) is 5.79. The maximum absolute atomic E-state index is 13.1. The van der Waals surface area contributed by atoms with Crippen LogP contribution in [0, 0.1) is 13.8 Å². The first-order valence-electron chi connectivity index (χ1n) is 8.19. The molecule has 0 aliphatic heterocycles. The van der Waals surface area contributed by atoms with Gasteiger partial charge in [0.15, 0.2) is 0 Å². The maximum Gasteiger partial charge on any atom is 0.263 e. The number of nitrogens with two attached hydrogens (primary N) is 1. The van der Waals surface area contributed by atoms with Crippen LogP contribution in [0.5, 0.6) is 5.75 Å². The molecule has 3 N–H and O–H groups in total. The smallest absolute Gasteiger partial charge is 0.263 e. The van der Waals surface area contributed by atoms with Gasteiger partial charge in [-0.2, -0.15) is 0 Å². The zero-order valence-corrected chi connectivity index (χ0v) is 15.6. The third kappa shape index (κ3) is 3.21. The number of aryl methyl sites for hydroxylation is 2. The number of ether oxygens (including phenoxy) is 1. The molecule has 1 amide bonds. The summed E-state index contributed by atoms with van der Waals surface area (Å²) in [4.78, 5) is 30.9. The van der Waals surface area contributed by atoms with Crippen LogP contribution < -0.4 is 21.6 Å². The van der Waals surface area contributed by atoms with Gasteiger partial charge in [-0.1, -0.05) is 12.1 Å². The van der Waals surface area contributed by atoms with Crippen molar-refractivity contribution in [3.8, 4) is 16.9 Å². The Labute approximate surface area is 154 Å². The number of aromatic nitrogens is 2. The number of benzene rings is 1. The number of fused-ring (bicyclic) bond motifs is 1. The number of hydrogen-bond donors (Lipinski definition) is 2. The van der Waals surface area contributed by atoms with Crippen LogP contribution in [0.4, 0.5) is 0 Å². The van der Waals surface area contributed by atoms with Crippen LogP contribution in [-0.4, -0.2) is 22.1 Å². The van der Waals surface area contributed by atoms with Gasteiger partial charge in [-0.05, 0) is 38.5 Å². The number of carbonyl (C=O) groups is 1. The molecule has 0 radical (unpaired) electrons. The summed E-state index contributed by atoms with van der Waals surface area (Å²) in [7, 11) is 0. The van der Waals surface area contributed by atoms with E-state index in [9.17, 15) is 9.59 Å². The number of hydrogen-bond acceptors (Lipinski definition) is 6. The molecule has 0 unspecified atom stereocenters. The summed E-state index contributed by atoms with van der Waals surface area (Å²) >= 11 is 1.47. The van der Waals surface area contributed by atoms with E-state index in [1.54, 1.807) is 6.92 Å². The Balaban J connectivity index is 2.19. The fraction of sp³-hybridized carbons (Fsp3) is 0.278. The van der Waals surface area contributed by atoms with Crippen LogP contribution in [0.2, 0.25) is 0 Å². The summed E-state index contributed by atoms with van der Waals surface area (Å²) in [5, 5.41) is 0.520. The minimum atomic E-state index is -0.453. The Bertz CT molecular complexity index is 1020. The standard InChI is InChI=1S/C18H20N4O3S/c1-4-25-13-7-5-12(6-8-13)15-10(2)26-17-16(15)18(24)22(11(3)20-17)9-14(23)21-19/h5-8H,4,9,19H2,1-3H3,(H,21,23). The Morgan fingerprint density at radius 3 is 2.62 bits per heavy atom. The fourth-order valence-corrected chi connectivity index (χ4v) is 3.99. The lowest BCUT2D eigenvalue weighted by molar-refractivity contribution is -0.121. The number of carbonyl (C=O) groups excluding carboxylic acids is 1. The lowest BCUT2D eigenvalue weighted by Gasteiger charge is -2.09. The highest BCUT2D eigenvalue weighted by Gasteiger charge is 2.19. The molecule has 0 bridgehead atoms. The van der Waals surface area contributed by atoms with Crippen LogP contribution in [0.15, 0.2) is 29.1 Å². The number of rotatable bonds is 5. The molecule has 7 nitrogen and oxygen atoms in total. The number of amides is 1. The predicted molar refractivity (Wildman–Crippen MR) is 102 cm³/mol. The van der Waals surface area contributed by atoms with Crippen molar-refractivity contribution in [2.24, 2.45) is 5.84 Å². The molecule has 0 aliphatic rings. The normalized spacial score (nSPS) is 10.9. The van der Waals surface area contributed by atoms with Crippen molar-refractivity contribution >= 4 is 27.5 Å².